The predicted octanol–water partition coefficient (Wildman–Crippen LogP) is 1.54. The summed E-state index contributed by atoms with van der Waals surface area (Å²) in [5.74, 6) is -0.586. The zero-order chi connectivity index (χ0) is 15.5. The Kier molecular flexibility index (Phi) is 5.73. The first-order valence-electron chi connectivity index (χ1n) is 6.63. The highest BCUT2D eigenvalue weighted by molar-refractivity contribution is 9.10. The summed E-state index contributed by atoms with van der Waals surface area (Å²) in [5.41, 5.74) is 0. The van der Waals surface area contributed by atoms with Gasteiger partial charge in [0, 0.05) is 33.2 Å². The van der Waals surface area contributed by atoms with Crippen LogP contribution in [-0.2, 0) is 14.8 Å². The van der Waals surface area contributed by atoms with Gasteiger partial charge in [-0.25, -0.2) is 12.8 Å². The van der Waals surface area contributed by atoms with Gasteiger partial charge in [-0.3, -0.25) is 4.90 Å². The number of benzene rings is 1. The van der Waals surface area contributed by atoms with Crippen molar-refractivity contribution in [1.29, 1.82) is 0 Å². The largest absolute Gasteiger partial charge is 0.379 e. The first kappa shape index (κ1) is 16.8. The molecule has 0 saturated carbocycles. The molecule has 8 heteroatoms. The van der Waals surface area contributed by atoms with Crippen LogP contribution in [0.1, 0.15) is 0 Å². The van der Waals surface area contributed by atoms with E-state index in [4.69, 9.17) is 4.74 Å². The van der Waals surface area contributed by atoms with E-state index in [9.17, 15) is 12.8 Å². The Balaban J connectivity index is 2.02. The molecule has 1 fully saturated rings. The van der Waals surface area contributed by atoms with Crippen LogP contribution in [0.25, 0.3) is 0 Å². The van der Waals surface area contributed by atoms with Crippen LogP contribution in [0.4, 0.5) is 4.39 Å². The average molecular weight is 381 g/mol. The first-order valence-corrected chi connectivity index (χ1v) is 8.86. The van der Waals surface area contributed by atoms with E-state index < -0.39 is 15.8 Å². The zero-order valence-electron chi connectivity index (χ0n) is 11.8. The van der Waals surface area contributed by atoms with Crippen molar-refractivity contribution in [1.82, 2.24) is 9.21 Å². The number of nitrogens with zero attached hydrogens (tertiary/aromatic N) is 2. The Morgan fingerprint density at radius 2 is 2.05 bits per heavy atom. The summed E-state index contributed by atoms with van der Waals surface area (Å²) in [7, 11) is -2.15. The molecule has 2 rings (SSSR count). The van der Waals surface area contributed by atoms with Gasteiger partial charge < -0.3 is 4.74 Å². The SMILES string of the molecule is CN(CCN1CCOCC1)S(=O)(=O)c1ccc(Br)c(F)c1. The third kappa shape index (κ3) is 4.23. The van der Waals surface area contributed by atoms with Crippen molar-refractivity contribution in [3.63, 3.8) is 0 Å². The van der Waals surface area contributed by atoms with Gasteiger partial charge in [0.2, 0.25) is 10.0 Å². The number of sulfonamides is 1. The monoisotopic (exact) mass is 380 g/mol. The fourth-order valence-electron chi connectivity index (χ4n) is 2.04. The topological polar surface area (TPSA) is 49.9 Å². The molecule has 1 saturated heterocycles. The molecule has 1 aliphatic rings. The highest BCUT2D eigenvalue weighted by atomic mass is 79.9. The minimum Gasteiger partial charge on any atom is -0.379 e. The second-order valence-electron chi connectivity index (χ2n) is 4.86. The number of ether oxygens (including phenoxy) is 1. The molecule has 0 radical (unpaired) electrons. The van der Waals surface area contributed by atoms with Crippen LogP contribution in [-0.4, -0.2) is 64.1 Å². The lowest BCUT2D eigenvalue weighted by Crippen LogP contribution is -2.41. The molecule has 21 heavy (non-hydrogen) atoms. The summed E-state index contributed by atoms with van der Waals surface area (Å²) in [4.78, 5) is 2.12. The van der Waals surface area contributed by atoms with Crippen LogP contribution >= 0.6 is 15.9 Å². The fourth-order valence-corrected chi connectivity index (χ4v) is 3.47. The third-order valence-corrected chi connectivity index (χ3v) is 5.93. The van der Waals surface area contributed by atoms with Crippen LogP contribution in [0.15, 0.2) is 27.6 Å². The molecule has 0 spiro atoms. The van der Waals surface area contributed by atoms with Crippen molar-refractivity contribution < 1.29 is 17.5 Å². The lowest BCUT2D eigenvalue weighted by atomic mass is 10.3. The molecule has 0 aromatic heterocycles. The maximum atomic E-state index is 13.5. The smallest absolute Gasteiger partial charge is 0.242 e. The molecule has 0 bridgehead atoms. The summed E-state index contributed by atoms with van der Waals surface area (Å²) < 4.78 is 45.0. The molecule has 0 amide bonds. The van der Waals surface area contributed by atoms with Crippen molar-refractivity contribution in [3.8, 4) is 0 Å². The Morgan fingerprint density at radius 3 is 2.67 bits per heavy atom. The number of hydrogen-bond acceptors (Lipinski definition) is 4. The molecule has 0 aliphatic carbocycles. The van der Waals surface area contributed by atoms with Gasteiger partial charge in [0.05, 0.1) is 22.6 Å². The summed E-state index contributed by atoms with van der Waals surface area (Å²) >= 11 is 3.01. The van der Waals surface area contributed by atoms with E-state index in [0.717, 1.165) is 19.2 Å². The molecule has 0 unspecified atom stereocenters. The van der Waals surface area contributed by atoms with E-state index in [0.29, 0.717) is 26.3 Å². The van der Waals surface area contributed by atoms with Crippen LogP contribution in [0.2, 0.25) is 0 Å². The van der Waals surface area contributed by atoms with E-state index in [1.165, 1.54) is 23.5 Å². The van der Waals surface area contributed by atoms with Gasteiger partial charge in [-0.15, -0.1) is 0 Å². The van der Waals surface area contributed by atoms with Gasteiger partial charge in [-0.1, -0.05) is 0 Å². The second-order valence-corrected chi connectivity index (χ2v) is 7.76. The minimum absolute atomic E-state index is 0.0346. The van der Waals surface area contributed by atoms with E-state index in [1.807, 2.05) is 0 Å². The number of rotatable bonds is 5. The molecule has 5 nitrogen and oxygen atoms in total. The number of morpholine rings is 1. The lowest BCUT2D eigenvalue weighted by Gasteiger charge is -2.28. The second kappa shape index (κ2) is 7.15. The fraction of sp³-hybridized carbons (Fsp3) is 0.538. The van der Waals surface area contributed by atoms with Crippen molar-refractivity contribution >= 4 is 26.0 Å². The highest BCUT2D eigenvalue weighted by Crippen LogP contribution is 2.21. The molecule has 1 aliphatic heterocycles. The Hall–Kier alpha value is -0.540. The van der Waals surface area contributed by atoms with Gasteiger partial charge in [-0.05, 0) is 34.1 Å². The van der Waals surface area contributed by atoms with Crippen molar-refractivity contribution in [2.75, 3.05) is 46.4 Å². The van der Waals surface area contributed by atoms with Gasteiger partial charge in [0.1, 0.15) is 5.82 Å². The van der Waals surface area contributed by atoms with Crippen LogP contribution in [0.5, 0.6) is 0 Å². The van der Waals surface area contributed by atoms with Gasteiger partial charge in [0.15, 0.2) is 0 Å². The quantitative estimate of drug-likeness (QED) is 0.777. The standard InChI is InChI=1S/C13H18BrFN2O3S/c1-16(4-5-17-6-8-20-9-7-17)21(18,19)11-2-3-12(14)13(15)10-11/h2-3,10H,4-9H2,1H3. The lowest BCUT2D eigenvalue weighted by molar-refractivity contribution is 0.0368. The molecule has 118 valence electrons. The summed E-state index contributed by atoms with van der Waals surface area (Å²) in [6.07, 6.45) is 0. The molecule has 1 aromatic carbocycles. The normalized spacial score (nSPS) is 17.3. The van der Waals surface area contributed by atoms with Crippen molar-refractivity contribution in [2.45, 2.75) is 4.90 Å². The molecule has 0 N–H and O–H groups in total. The molecular formula is C13H18BrFN2O3S. The number of likely N-dealkylation sites (N-methyl/N-ethyl adjacent to an activating group) is 1. The highest BCUT2D eigenvalue weighted by Gasteiger charge is 2.22. The minimum atomic E-state index is -3.66. The molecule has 0 atom stereocenters. The Labute approximate surface area is 132 Å². The number of halogens is 2. The predicted molar refractivity (Wildman–Crippen MR) is 81.2 cm³/mol. The zero-order valence-corrected chi connectivity index (χ0v) is 14.2. The summed E-state index contributed by atoms with van der Waals surface area (Å²) in [6.45, 7) is 3.96. The first-order chi connectivity index (χ1) is 9.91. The van der Waals surface area contributed by atoms with Gasteiger partial charge >= 0.3 is 0 Å². The van der Waals surface area contributed by atoms with Crippen molar-refractivity contribution in [3.05, 3.63) is 28.5 Å². The van der Waals surface area contributed by atoms with E-state index in [2.05, 4.69) is 20.8 Å². The van der Waals surface area contributed by atoms with Crippen LogP contribution in [0.3, 0.4) is 0 Å². The molecular weight excluding hydrogens is 363 g/mol. The average Bonchev–Trinajstić information content (AvgIpc) is 2.48. The Bertz CT molecular complexity index is 591. The van der Waals surface area contributed by atoms with Gasteiger partial charge in [0.25, 0.3) is 0 Å². The third-order valence-electron chi connectivity index (χ3n) is 3.43. The van der Waals surface area contributed by atoms with E-state index in [-0.39, 0.29) is 9.37 Å². The van der Waals surface area contributed by atoms with Gasteiger partial charge in [-0.2, -0.15) is 4.31 Å². The molecule has 1 heterocycles. The van der Waals surface area contributed by atoms with Crippen LogP contribution < -0.4 is 0 Å². The van der Waals surface area contributed by atoms with E-state index in [1.54, 1.807) is 0 Å². The summed E-state index contributed by atoms with van der Waals surface area (Å²) in [6, 6.07) is 3.83. The number of hydrogen-bond donors (Lipinski definition) is 0. The van der Waals surface area contributed by atoms with E-state index >= 15 is 0 Å². The maximum Gasteiger partial charge on any atom is 0.242 e. The Morgan fingerprint density at radius 1 is 1.38 bits per heavy atom. The van der Waals surface area contributed by atoms with Crippen LogP contribution in [0, 0.1) is 5.82 Å². The molecule has 1 aromatic rings. The van der Waals surface area contributed by atoms with Crippen molar-refractivity contribution in [2.24, 2.45) is 0 Å². The maximum absolute atomic E-state index is 13.5. The summed E-state index contributed by atoms with van der Waals surface area (Å²) in [5, 5.41) is 0.